The van der Waals surface area contributed by atoms with Crippen LogP contribution in [0.1, 0.15) is 27.7 Å². The van der Waals surface area contributed by atoms with Crippen LogP contribution in [0.5, 0.6) is 0 Å². The van der Waals surface area contributed by atoms with Crippen LogP contribution in [0.3, 0.4) is 0 Å². The average molecular weight is 348 g/mol. The van der Waals surface area contributed by atoms with Crippen LogP contribution >= 0.6 is 0 Å². The highest BCUT2D eigenvalue weighted by Gasteiger charge is 2.83. The summed E-state index contributed by atoms with van der Waals surface area (Å²) in [5.41, 5.74) is -10.7. The van der Waals surface area contributed by atoms with E-state index in [1.807, 2.05) is 0 Å². The van der Waals surface area contributed by atoms with Gasteiger partial charge in [0.2, 0.25) is 11.2 Å². The molecule has 0 aromatic carbocycles. The van der Waals surface area contributed by atoms with Crippen molar-refractivity contribution in [1.82, 2.24) is 0 Å². The lowest BCUT2D eigenvalue weighted by atomic mass is 9.57. The van der Waals surface area contributed by atoms with Crippen molar-refractivity contribution in [1.29, 1.82) is 0 Å². The van der Waals surface area contributed by atoms with Gasteiger partial charge in [-0.1, -0.05) is 0 Å². The number of hydrogen-bond acceptors (Lipinski definition) is 10. The molecule has 1 rings (SSSR count). The van der Waals surface area contributed by atoms with Crippen LogP contribution < -0.4 is 0 Å². The third-order valence-corrected chi connectivity index (χ3v) is 4.54. The molecule has 136 valence electrons. The summed E-state index contributed by atoms with van der Waals surface area (Å²) in [6, 6.07) is 0. The summed E-state index contributed by atoms with van der Waals surface area (Å²) in [5.74, 6) is -9.25. The lowest BCUT2D eigenvalue weighted by Crippen LogP contribution is -2.90. The average Bonchev–Trinajstić information content (AvgIpc) is 2.47. The van der Waals surface area contributed by atoms with Gasteiger partial charge < -0.3 is 30.3 Å². The largest absolute Gasteiger partial charge is 0.394 e. The second-order valence-corrected chi connectivity index (χ2v) is 5.85. The van der Waals surface area contributed by atoms with Crippen molar-refractivity contribution in [2.24, 2.45) is 0 Å². The Bertz CT molecular complexity index is 615. The molecule has 24 heavy (non-hydrogen) atoms. The van der Waals surface area contributed by atoms with E-state index < -0.39 is 58.4 Å². The van der Waals surface area contributed by atoms with E-state index in [2.05, 4.69) is 0 Å². The Morgan fingerprint density at radius 1 is 0.792 bits per heavy atom. The molecule has 5 atom stereocenters. The van der Waals surface area contributed by atoms with Gasteiger partial charge in [-0.2, -0.15) is 0 Å². The first-order chi connectivity index (χ1) is 10.7. The van der Waals surface area contributed by atoms with E-state index in [1.165, 1.54) is 0 Å². The molecule has 10 nitrogen and oxygen atoms in total. The van der Waals surface area contributed by atoms with Gasteiger partial charge in [-0.15, -0.1) is 0 Å². The standard InChI is InChI=1S/C14H20O10/c1-6(16)11(20)10(5-15)24-14(23,9(4)19)13(22,8(3)18)12(11,21)7(2)17/h10,15,20-23H,5H2,1-4H3/t10-,11-,12+,13-,14+/m1/s1. The van der Waals surface area contributed by atoms with Gasteiger partial charge in [0.1, 0.15) is 6.10 Å². The zero-order valence-corrected chi connectivity index (χ0v) is 13.6. The molecule has 0 spiro atoms. The first-order valence-corrected chi connectivity index (χ1v) is 6.91. The van der Waals surface area contributed by atoms with Crippen molar-refractivity contribution in [3.05, 3.63) is 0 Å². The van der Waals surface area contributed by atoms with Crippen molar-refractivity contribution in [2.45, 2.75) is 56.4 Å². The van der Waals surface area contributed by atoms with Gasteiger partial charge in [0, 0.05) is 6.92 Å². The Balaban J connectivity index is 4.05. The fourth-order valence-corrected chi connectivity index (χ4v) is 3.14. The topological polar surface area (TPSA) is 179 Å². The maximum Gasteiger partial charge on any atom is 0.267 e. The normalized spacial score (nSPS) is 42.5. The first kappa shape index (κ1) is 20.5. The Kier molecular flexibility index (Phi) is 4.92. The van der Waals surface area contributed by atoms with Crippen LogP contribution in [0.25, 0.3) is 0 Å². The molecule has 0 saturated carbocycles. The summed E-state index contributed by atoms with van der Waals surface area (Å²) >= 11 is 0. The number of ether oxygens (including phenoxy) is 1. The van der Waals surface area contributed by atoms with Crippen molar-refractivity contribution >= 4 is 23.1 Å². The zero-order valence-electron chi connectivity index (χ0n) is 13.6. The molecular formula is C14H20O10. The minimum Gasteiger partial charge on any atom is -0.394 e. The van der Waals surface area contributed by atoms with Crippen LogP contribution in [-0.2, 0) is 23.9 Å². The molecular weight excluding hydrogens is 328 g/mol. The fourth-order valence-electron chi connectivity index (χ4n) is 3.14. The lowest BCUT2D eigenvalue weighted by Gasteiger charge is -2.59. The molecule has 0 aromatic rings. The highest BCUT2D eigenvalue weighted by molar-refractivity contribution is 6.08. The molecule has 1 saturated heterocycles. The summed E-state index contributed by atoms with van der Waals surface area (Å²) in [7, 11) is 0. The molecule has 0 unspecified atom stereocenters. The van der Waals surface area contributed by atoms with E-state index in [0.717, 1.165) is 0 Å². The molecule has 1 aliphatic rings. The molecule has 1 heterocycles. The lowest BCUT2D eigenvalue weighted by molar-refractivity contribution is -0.390. The van der Waals surface area contributed by atoms with E-state index in [4.69, 9.17) is 4.74 Å². The minimum absolute atomic E-state index is 0.616. The quantitative estimate of drug-likeness (QED) is 0.336. The van der Waals surface area contributed by atoms with Crippen LogP contribution in [0.15, 0.2) is 0 Å². The highest BCUT2D eigenvalue weighted by Crippen LogP contribution is 2.50. The number of aliphatic hydroxyl groups is 5. The summed E-state index contributed by atoms with van der Waals surface area (Å²) in [4.78, 5) is 47.9. The third kappa shape index (κ3) is 1.98. The number of rotatable bonds is 5. The van der Waals surface area contributed by atoms with E-state index in [0.29, 0.717) is 27.7 Å². The number of hydrogen-bond donors (Lipinski definition) is 5. The van der Waals surface area contributed by atoms with Crippen LogP contribution in [-0.4, -0.2) is 84.0 Å². The maximum atomic E-state index is 12.1. The molecule has 10 heteroatoms. The summed E-state index contributed by atoms with van der Waals surface area (Å²) in [6.07, 6.45) is -2.18. The van der Waals surface area contributed by atoms with E-state index in [1.54, 1.807) is 0 Å². The second kappa shape index (κ2) is 5.76. The summed E-state index contributed by atoms with van der Waals surface area (Å²) in [5, 5.41) is 52.0. The molecule has 1 fully saturated rings. The second-order valence-electron chi connectivity index (χ2n) is 5.85. The number of carbonyl (C=O) groups is 4. The van der Waals surface area contributed by atoms with Crippen molar-refractivity contribution in [3.8, 4) is 0 Å². The Morgan fingerprint density at radius 3 is 1.46 bits per heavy atom. The van der Waals surface area contributed by atoms with Gasteiger partial charge in [0.15, 0.2) is 28.7 Å². The summed E-state index contributed by atoms with van der Waals surface area (Å²) in [6.45, 7) is 1.40. The van der Waals surface area contributed by atoms with Gasteiger partial charge in [0.05, 0.1) is 6.61 Å². The number of ketones is 4. The Labute approximate surface area is 136 Å². The number of aliphatic hydroxyl groups excluding tert-OH is 1. The van der Waals surface area contributed by atoms with Crippen LogP contribution in [0.2, 0.25) is 0 Å². The van der Waals surface area contributed by atoms with Gasteiger partial charge in [-0.05, 0) is 20.8 Å². The van der Waals surface area contributed by atoms with Crippen LogP contribution in [0.4, 0.5) is 0 Å². The van der Waals surface area contributed by atoms with E-state index in [9.17, 15) is 44.7 Å². The molecule has 0 aliphatic carbocycles. The molecule has 0 bridgehead atoms. The Morgan fingerprint density at radius 2 is 1.21 bits per heavy atom. The monoisotopic (exact) mass is 348 g/mol. The predicted molar refractivity (Wildman–Crippen MR) is 74.5 cm³/mol. The minimum atomic E-state index is -3.70. The summed E-state index contributed by atoms with van der Waals surface area (Å²) < 4.78 is 4.79. The van der Waals surface area contributed by atoms with Crippen molar-refractivity contribution in [3.63, 3.8) is 0 Å². The van der Waals surface area contributed by atoms with E-state index in [-0.39, 0.29) is 0 Å². The number of carbonyl (C=O) groups excluding carboxylic acids is 4. The SMILES string of the molecule is CC(=O)[C@@]1(O)[C@](O)(C(C)=O)[C@@](O)(C(C)=O)[C@@H](CO)O[C@@]1(O)C(C)=O. The molecule has 0 amide bonds. The highest BCUT2D eigenvalue weighted by atomic mass is 16.7. The maximum absolute atomic E-state index is 12.1. The number of Topliss-reactive ketones (excluding diaryl/α,β-unsaturated/α-hetero) is 4. The van der Waals surface area contributed by atoms with E-state index >= 15 is 0 Å². The zero-order chi connectivity index (χ0) is 19.3. The predicted octanol–water partition coefficient (Wildman–Crippen LogP) is -3.38. The fraction of sp³-hybridized carbons (Fsp3) is 0.714. The molecule has 0 radical (unpaired) electrons. The Hall–Kier alpha value is -1.56. The molecule has 0 aromatic heterocycles. The van der Waals surface area contributed by atoms with Crippen molar-refractivity contribution in [2.75, 3.05) is 6.61 Å². The van der Waals surface area contributed by atoms with Gasteiger partial charge in [-0.3, -0.25) is 19.2 Å². The first-order valence-electron chi connectivity index (χ1n) is 6.91. The van der Waals surface area contributed by atoms with Gasteiger partial charge in [0.25, 0.3) is 5.79 Å². The van der Waals surface area contributed by atoms with Crippen molar-refractivity contribution < 1.29 is 49.4 Å². The third-order valence-electron chi connectivity index (χ3n) is 4.54. The molecule has 1 aliphatic heterocycles. The van der Waals surface area contributed by atoms with Crippen LogP contribution in [0, 0.1) is 0 Å². The molecule has 5 N–H and O–H groups in total. The van der Waals surface area contributed by atoms with Gasteiger partial charge in [-0.25, -0.2) is 0 Å². The van der Waals surface area contributed by atoms with Gasteiger partial charge >= 0.3 is 0 Å². The smallest absolute Gasteiger partial charge is 0.267 e.